The van der Waals surface area contributed by atoms with E-state index >= 15 is 0 Å². The van der Waals surface area contributed by atoms with Gasteiger partial charge in [-0.2, -0.15) is 0 Å². The number of rotatable bonds is 13. The molecule has 13 heteroatoms. The first kappa shape index (κ1) is 36.9. The fourth-order valence-electron chi connectivity index (χ4n) is 4.73. The minimum Gasteiger partial charge on any atom is -0.467 e. The summed E-state index contributed by atoms with van der Waals surface area (Å²) in [6.07, 6.45) is 9.62. The zero-order valence-electron chi connectivity index (χ0n) is 26.9. The molecule has 0 bridgehead atoms. The van der Waals surface area contributed by atoms with Crippen molar-refractivity contribution in [2.24, 2.45) is 5.16 Å². The number of halogens is 1. The Hall–Kier alpha value is -3.61. The molecule has 0 aliphatic carbocycles. The van der Waals surface area contributed by atoms with E-state index in [0.717, 1.165) is 19.3 Å². The van der Waals surface area contributed by atoms with Crippen LogP contribution in [-0.2, 0) is 39.8 Å². The van der Waals surface area contributed by atoms with Gasteiger partial charge in [0.2, 0.25) is 0 Å². The van der Waals surface area contributed by atoms with Gasteiger partial charge in [0.05, 0.1) is 5.71 Å². The summed E-state index contributed by atoms with van der Waals surface area (Å²) in [5, 5.41) is 4.29. The average molecular weight is 665 g/mol. The summed E-state index contributed by atoms with van der Waals surface area (Å²) in [6.45, 7) is 7.33. The van der Waals surface area contributed by atoms with E-state index in [9.17, 15) is 14.4 Å². The van der Waals surface area contributed by atoms with Crippen LogP contribution in [0.3, 0.4) is 0 Å². The molecule has 1 amide bonds. The molecule has 2 aliphatic rings. The summed E-state index contributed by atoms with van der Waals surface area (Å²) in [5.41, 5.74) is 1.04. The van der Waals surface area contributed by atoms with E-state index in [4.69, 9.17) is 44.9 Å². The number of hydrogen-bond acceptors (Lipinski definition) is 11. The number of fused-ring (bicyclic) bond motifs is 1. The second-order valence-corrected chi connectivity index (χ2v) is 10.9. The van der Waals surface area contributed by atoms with Crippen LogP contribution in [0.1, 0.15) is 68.8 Å². The van der Waals surface area contributed by atoms with Crippen LogP contribution in [0.25, 0.3) is 0 Å². The van der Waals surface area contributed by atoms with Crippen LogP contribution in [0.5, 0.6) is 11.5 Å². The van der Waals surface area contributed by atoms with E-state index in [-0.39, 0.29) is 49.7 Å². The molecule has 0 aromatic heterocycles. The Kier molecular flexibility index (Phi) is 16.4. The van der Waals surface area contributed by atoms with Gasteiger partial charge in [0.25, 0.3) is 5.91 Å². The Balaban J connectivity index is 2.02. The first-order valence-electron chi connectivity index (χ1n) is 15.7. The Labute approximate surface area is 275 Å². The van der Waals surface area contributed by atoms with E-state index in [1.165, 1.54) is 0 Å². The number of carbonyl (C=O) groups is 3. The van der Waals surface area contributed by atoms with Gasteiger partial charge in [0.15, 0.2) is 20.2 Å². The number of oxime groups is 1. The highest BCUT2D eigenvalue weighted by Gasteiger charge is 2.25. The molecule has 2 heterocycles. The smallest absolute Gasteiger partial charge is 0.342 e. The Morgan fingerprint density at radius 1 is 1.02 bits per heavy atom. The van der Waals surface area contributed by atoms with E-state index in [2.05, 4.69) is 5.16 Å². The van der Waals surface area contributed by atoms with Crippen molar-refractivity contribution >= 4 is 35.2 Å². The van der Waals surface area contributed by atoms with Crippen molar-refractivity contribution in [2.75, 3.05) is 52.4 Å². The lowest BCUT2D eigenvalue weighted by Crippen LogP contribution is -2.37. The maximum Gasteiger partial charge on any atom is 0.342 e. The largest absolute Gasteiger partial charge is 0.467 e. The number of alkyl halides is 1. The number of cyclic esters (lactones) is 1. The zero-order chi connectivity index (χ0) is 33.1. The summed E-state index contributed by atoms with van der Waals surface area (Å²) >= 11 is 5.67. The predicted molar refractivity (Wildman–Crippen MR) is 171 cm³/mol. The van der Waals surface area contributed by atoms with Crippen molar-refractivity contribution in [1.82, 2.24) is 4.90 Å². The van der Waals surface area contributed by atoms with Gasteiger partial charge in [0, 0.05) is 51.6 Å². The number of carbonyl (C=O) groups excluding carboxylic acids is 3. The molecule has 2 atom stereocenters. The number of piperidine rings is 1. The summed E-state index contributed by atoms with van der Waals surface area (Å²) in [5.74, 6) is -1.03. The third-order valence-corrected chi connectivity index (χ3v) is 7.24. The van der Waals surface area contributed by atoms with Gasteiger partial charge < -0.3 is 38.2 Å². The van der Waals surface area contributed by atoms with Crippen LogP contribution >= 0.6 is 11.6 Å². The van der Waals surface area contributed by atoms with Crippen molar-refractivity contribution in [3.63, 3.8) is 0 Å². The van der Waals surface area contributed by atoms with Gasteiger partial charge in [-0.1, -0.05) is 17.3 Å². The molecular weight excluding hydrogens is 620 g/mol. The van der Waals surface area contributed by atoms with E-state index in [0.29, 0.717) is 56.2 Å². The molecule has 3 rings (SSSR count). The van der Waals surface area contributed by atoms with Gasteiger partial charge in [-0.15, -0.1) is 11.6 Å². The minimum absolute atomic E-state index is 0.0149. The molecule has 2 aliphatic heterocycles. The third kappa shape index (κ3) is 12.6. The second kappa shape index (κ2) is 20.5. The van der Waals surface area contributed by atoms with Crippen LogP contribution < -0.4 is 9.47 Å². The van der Waals surface area contributed by atoms with Crippen molar-refractivity contribution in [2.45, 2.75) is 71.5 Å². The van der Waals surface area contributed by atoms with Crippen molar-refractivity contribution in [3.8, 4) is 11.5 Å². The summed E-state index contributed by atoms with van der Waals surface area (Å²) in [6, 6.07) is 3.27. The molecule has 0 saturated carbocycles. The average Bonchev–Trinajstić information content (AvgIpc) is 3.04. The van der Waals surface area contributed by atoms with Crippen LogP contribution in [0, 0.1) is 0 Å². The first-order chi connectivity index (χ1) is 22.3. The lowest BCUT2D eigenvalue weighted by atomic mass is 9.99. The molecule has 0 radical (unpaired) electrons. The monoisotopic (exact) mass is 664 g/mol. The minimum atomic E-state index is -0.620. The lowest BCUT2D eigenvalue weighted by Gasteiger charge is -2.26. The number of esters is 2. The molecule has 0 N–H and O–H groups in total. The van der Waals surface area contributed by atoms with Crippen molar-refractivity contribution < 1.29 is 47.6 Å². The molecule has 254 valence electrons. The maximum absolute atomic E-state index is 13.7. The Bertz CT molecular complexity index is 1230. The van der Waals surface area contributed by atoms with E-state index in [1.54, 1.807) is 48.3 Å². The van der Waals surface area contributed by atoms with Crippen LogP contribution in [0.2, 0.25) is 0 Å². The highest BCUT2D eigenvalue weighted by Crippen LogP contribution is 2.32. The number of hydrogen-bond donors (Lipinski definition) is 0. The van der Waals surface area contributed by atoms with Gasteiger partial charge in [-0.25, -0.2) is 4.79 Å². The van der Waals surface area contributed by atoms with Crippen LogP contribution in [0.4, 0.5) is 0 Å². The number of benzene rings is 1. The molecule has 1 fully saturated rings. The van der Waals surface area contributed by atoms with Crippen LogP contribution in [0.15, 0.2) is 41.6 Å². The number of ether oxygens (including phenoxy) is 6. The molecular formula is C33H45ClN2O10. The quantitative estimate of drug-likeness (QED) is 0.0712. The van der Waals surface area contributed by atoms with Gasteiger partial charge in [-0.3, -0.25) is 9.59 Å². The van der Waals surface area contributed by atoms with Gasteiger partial charge in [-0.05, 0) is 63.8 Å². The fourth-order valence-corrected chi connectivity index (χ4v) is 4.80. The normalized spacial score (nSPS) is 20.0. The molecule has 1 aromatic rings. The highest BCUT2D eigenvalue weighted by atomic mass is 35.5. The van der Waals surface area contributed by atoms with Gasteiger partial charge >= 0.3 is 11.9 Å². The summed E-state index contributed by atoms with van der Waals surface area (Å²) in [4.78, 5) is 45.7. The number of amides is 1. The maximum atomic E-state index is 13.7. The number of likely N-dealkylation sites (tertiary alicyclic amines) is 1. The standard InChI is InChI=1S/C33H45ClN2O10/c1-4-40-22-42-28-18-25-17-26(35-44-21-30(37)36-15-7-6-8-16-36)12-10-14-27(46-31(38)20-34)13-9-11-24(3)45-33(39)32(25)29(19-28)43-23-41-5-2/h9-10,12-13,18-19,24,27H,4-8,11,14-17,20-23H2,1-3H3/t24-,27-/m1/s1. The predicted octanol–water partition coefficient (Wildman–Crippen LogP) is 4.96. The molecule has 12 nitrogen and oxygen atoms in total. The molecule has 0 spiro atoms. The van der Waals surface area contributed by atoms with Gasteiger partial charge in [0.1, 0.15) is 35.2 Å². The fraction of sp³-hybridized carbons (Fsp3) is 0.576. The van der Waals surface area contributed by atoms with E-state index < -0.39 is 24.1 Å². The molecule has 1 saturated heterocycles. The SMILES string of the molecule is CCOCOc1cc2c(c(OCOCC)c1)C(=O)O[C@H](C)CC=C[C@@H](OC(=O)CCl)CC=CC(=NOCC(=O)N1CCCCC1)C2. The first-order valence-corrected chi connectivity index (χ1v) is 16.2. The van der Waals surface area contributed by atoms with Crippen molar-refractivity contribution in [1.29, 1.82) is 0 Å². The van der Waals surface area contributed by atoms with E-state index in [1.807, 2.05) is 13.8 Å². The lowest BCUT2D eigenvalue weighted by molar-refractivity contribution is -0.143. The van der Waals surface area contributed by atoms with Crippen LogP contribution in [-0.4, -0.2) is 93.0 Å². The zero-order valence-corrected chi connectivity index (χ0v) is 27.6. The topological polar surface area (TPSA) is 131 Å². The molecule has 46 heavy (non-hydrogen) atoms. The van der Waals surface area contributed by atoms with Crippen molar-refractivity contribution in [3.05, 3.63) is 47.6 Å². The second-order valence-electron chi connectivity index (χ2n) is 10.6. The summed E-state index contributed by atoms with van der Waals surface area (Å²) in [7, 11) is 0. The molecule has 0 unspecified atom stereocenters. The highest BCUT2D eigenvalue weighted by molar-refractivity contribution is 6.26. The number of nitrogens with zero attached hydrogens (tertiary/aromatic N) is 2. The third-order valence-electron chi connectivity index (χ3n) is 7.02. The summed E-state index contributed by atoms with van der Waals surface area (Å²) < 4.78 is 33.7. The molecule has 1 aromatic carbocycles. The Morgan fingerprint density at radius 2 is 1.76 bits per heavy atom. The Morgan fingerprint density at radius 3 is 2.48 bits per heavy atom. The number of allylic oxidation sites excluding steroid dienone is 1.